The van der Waals surface area contributed by atoms with Crippen LogP contribution in [-0.4, -0.2) is 35.3 Å². The van der Waals surface area contributed by atoms with Crippen molar-refractivity contribution < 1.29 is 13.6 Å². The van der Waals surface area contributed by atoms with Gasteiger partial charge in [-0.3, -0.25) is 9.69 Å². The van der Waals surface area contributed by atoms with E-state index in [0.29, 0.717) is 5.56 Å². The summed E-state index contributed by atoms with van der Waals surface area (Å²) >= 11 is 1.97. The predicted octanol–water partition coefficient (Wildman–Crippen LogP) is 3.74. The van der Waals surface area contributed by atoms with E-state index in [2.05, 4.69) is 4.90 Å². The molecule has 1 heterocycles. The molecule has 0 atom stereocenters. The standard InChI is InChI=1S/C18H17F2NOS/c19-16-9-15(10-17(20)11-16)18(22)14-3-1-13(2-4-14)12-21-5-7-23-8-6-21/h1-4,9-11H,5-8,12H2. The summed E-state index contributed by atoms with van der Waals surface area (Å²) in [5, 5.41) is 0. The Labute approximate surface area is 138 Å². The molecule has 0 aromatic heterocycles. The number of thioether (sulfide) groups is 1. The van der Waals surface area contributed by atoms with E-state index in [1.165, 1.54) is 0 Å². The summed E-state index contributed by atoms with van der Waals surface area (Å²) in [6, 6.07) is 10.1. The average Bonchev–Trinajstić information content (AvgIpc) is 2.55. The van der Waals surface area contributed by atoms with Gasteiger partial charge in [-0.25, -0.2) is 8.78 Å². The van der Waals surface area contributed by atoms with Crippen LogP contribution in [0.5, 0.6) is 0 Å². The van der Waals surface area contributed by atoms with E-state index in [1.807, 2.05) is 23.9 Å². The Bertz CT molecular complexity index is 676. The van der Waals surface area contributed by atoms with Crippen LogP contribution < -0.4 is 0 Å². The third kappa shape index (κ3) is 4.18. The molecule has 0 spiro atoms. The van der Waals surface area contributed by atoms with E-state index in [4.69, 9.17) is 0 Å². The summed E-state index contributed by atoms with van der Waals surface area (Å²) in [5.74, 6) is 0.453. The summed E-state index contributed by atoms with van der Waals surface area (Å²) in [5.41, 5.74) is 1.61. The maximum atomic E-state index is 13.2. The van der Waals surface area contributed by atoms with Gasteiger partial charge in [-0.2, -0.15) is 11.8 Å². The van der Waals surface area contributed by atoms with E-state index in [-0.39, 0.29) is 11.3 Å². The van der Waals surface area contributed by atoms with Gasteiger partial charge in [0, 0.05) is 48.3 Å². The van der Waals surface area contributed by atoms with Gasteiger partial charge in [-0.15, -0.1) is 0 Å². The minimum atomic E-state index is -0.743. The van der Waals surface area contributed by atoms with Crippen molar-refractivity contribution >= 4 is 17.5 Å². The second-order valence-corrected chi connectivity index (χ2v) is 6.80. The summed E-state index contributed by atoms with van der Waals surface area (Å²) in [7, 11) is 0. The van der Waals surface area contributed by atoms with Crippen molar-refractivity contribution in [2.75, 3.05) is 24.6 Å². The number of benzene rings is 2. The highest BCUT2D eigenvalue weighted by molar-refractivity contribution is 7.99. The molecule has 0 N–H and O–H groups in total. The molecule has 1 fully saturated rings. The van der Waals surface area contributed by atoms with Crippen LogP contribution in [0.25, 0.3) is 0 Å². The fourth-order valence-electron chi connectivity index (χ4n) is 2.63. The largest absolute Gasteiger partial charge is 0.297 e. The van der Waals surface area contributed by atoms with Gasteiger partial charge in [0.15, 0.2) is 5.78 Å². The fourth-order valence-corrected chi connectivity index (χ4v) is 3.61. The van der Waals surface area contributed by atoms with Crippen molar-refractivity contribution in [2.24, 2.45) is 0 Å². The molecule has 2 aromatic carbocycles. The van der Waals surface area contributed by atoms with Gasteiger partial charge >= 0.3 is 0 Å². The van der Waals surface area contributed by atoms with Gasteiger partial charge in [-0.05, 0) is 17.7 Å². The quantitative estimate of drug-likeness (QED) is 0.795. The first-order valence-corrected chi connectivity index (χ1v) is 8.67. The number of carbonyl (C=O) groups is 1. The van der Waals surface area contributed by atoms with E-state index >= 15 is 0 Å². The molecule has 5 heteroatoms. The van der Waals surface area contributed by atoms with Crippen LogP contribution in [0.1, 0.15) is 21.5 Å². The number of hydrogen-bond donors (Lipinski definition) is 0. The number of hydrogen-bond acceptors (Lipinski definition) is 3. The molecule has 0 saturated carbocycles. The zero-order chi connectivity index (χ0) is 16.2. The van der Waals surface area contributed by atoms with Crippen molar-refractivity contribution in [1.82, 2.24) is 4.90 Å². The Morgan fingerprint density at radius 2 is 1.57 bits per heavy atom. The lowest BCUT2D eigenvalue weighted by molar-refractivity contribution is 0.103. The fraction of sp³-hybridized carbons (Fsp3) is 0.278. The van der Waals surface area contributed by atoms with E-state index in [1.54, 1.807) is 12.1 Å². The van der Waals surface area contributed by atoms with E-state index in [9.17, 15) is 13.6 Å². The number of rotatable bonds is 4. The second kappa shape index (κ2) is 7.23. The number of halogens is 2. The molecule has 0 radical (unpaired) electrons. The van der Waals surface area contributed by atoms with Crippen LogP contribution in [-0.2, 0) is 6.54 Å². The molecular formula is C18H17F2NOS. The van der Waals surface area contributed by atoms with Crippen molar-refractivity contribution in [2.45, 2.75) is 6.54 Å². The lowest BCUT2D eigenvalue weighted by Crippen LogP contribution is -2.31. The molecule has 1 saturated heterocycles. The molecule has 0 aliphatic carbocycles. The minimum absolute atomic E-state index is 0.0308. The lowest BCUT2D eigenvalue weighted by Gasteiger charge is -2.26. The van der Waals surface area contributed by atoms with Crippen LogP contribution in [0.15, 0.2) is 42.5 Å². The highest BCUT2D eigenvalue weighted by Gasteiger charge is 2.13. The first-order valence-electron chi connectivity index (χ1n) is 7.52. The monoisotopic (exact) mass is 333 g/mol. The highest BCUT2D eigenvalue weighted by Crippen LogP contribution is 2.16. The summed E-state index contributed by atoms with van der Waals surface area (Å²) in [6.07, 6.45) is 0. The Kier molecular flexibility index (Phi) is 5.08. The highest BCUT2D eigenvalue weighted by atomic mass is 32.2. The van der Waals surface area contributed by atoms with Crippen LogP contribution in [0, 0.1) is 11.6 Å². The lowest BCUT2D eigenvalue weighted by atomic mass is 10.0. The first kappa shape index (κ1) is 16.1. The number of carbonyl (C=O) groups excluding carboxylic acids is 1. The van der Waals surface area contributed by atoms with Crippen molar-refractivity contribution in [1.29, 1.82) is 0 Å². The van der Waals surface area contributed by atoms with Crippen molar-refractivity contribution in [3.8, 4) is 0 Å². The molecule has 2 nitrogen and oxygen atoms in total. The molecule has 0 amide bonds. The van der Waals surface area contributed by atoms with Crippen LogP contribution in [0.2, 0.25) is 0 Å². The SMILES string of the molecule is O=C(c1ccc(CN2CCSCC2)cc1)c1cc(F)cc(F)c1. The summed E-state index contributed by atoms with van der Waals surface area (Å²) in [6.45, 7) is 3.02. The zero-order valence-electron chi connectivity index (χ0n) is 12.6. The molecule has 1 aliphatic rings. The first-order chi connectivity index (χ1) is 11.1. The minimum Gasteiger partial charge on any atom is -0.297 e. The molecular weight excluding hydrogens is 316 g/mol. The topological polar surface area (TPSA) is 20.3 Å². The maximum Gasteiger partial charge on any atom is 0.193 e. The average molecular weight is 333 g/mol. The zero-order valence-corrected chi connectivity index (χ0v) is 13.4. The van der Waals surface area contributed by atoms with Gasteiger partial charge in [0.25, 0.3) is 0 Å². The van der Waals surface area contributed by atoms with Crippen LogP contribution >= 0.6 is 11.8 Å². The summed E-state index contributed by atoms with van der Waals surface area (Å²) < 4.78 is 26.5. The Morgan fingerprint density at radius 3 is 2.17 bits per heavy atom. The number of nitrogens with zero attached hydrogens (tertiary/aromatic N) is 1. The molecule has 23 heavy (non-hydrogen) atoms. The molecule has 0 bridgehead atoms. The second-order valence-electron chi connectivity index (χ2n) is 5.57. The van der Waals surface area contributed by atoms with Gasteiger partial charge in [0.05, 0.1) is 0 Å². The van der Waals surface area contributed by atoms with Gasteiger partial charge < -0.3 is 0 Å². The van der Waals surface area contributed by atoms with Crippen LogP contribution in [0.3, 0.4) is 0 Å². The van der Waals surface area contributed by atoms with Gasteiger partial charge in [0.2, 0.25) is 0 Å². The third-order valence-electron chi connectivity index (χ3n) is 3.85. The molecule has 120 valence electrons. The molecule has 2 aromatic rings. The van der Waals surface area contributed by atoms with Crippen molar-refractivity contribution in [3.63, 3.8) is 0 Å². The Morgan fingerprint density at radius 1 is 0.957 bits per heavy atom. The van der Waals surface area contributed by atoms with Gasteiger partial charge in [-0.1, -0.05) is 24.3 Å². The third-order valence-corrected chi connectivity index (χ3v) is 4.79. The summed E-state index contributed by atoms with van der Waals surface area (Å²) in [4.78, 5) is 14.7. The van der Waals surface area contributed by atoms with Crippen molar-refractivity contribution in [3.05, 3.63) is 70.8 Å². The number of ketones is 1. The van der Waals surface area contributed by atoms with Gasteiger partial charge in [0.1, 0.15) is 11.6 Å². The molecule has 0 unspecified atom stereocenters. The van der Waals surface area contributed by atoms with E-state index in [0.717, 1.165) is 54.9 Å². The Hall–Kier alpha value is -1.72. The smallest absolute Gasteiger partial charge is 0.193 e. The normalized spacial score (nSPS) is 15.6. The predicted molar refractivity (Wildman–Crippen MR) is 88.8 cm³/mol. The molecule has 1 aliphatic heterocycles. The molecule has 3 rings (SSSR count). The maximum absolute atomic E-state index is 13.2. The van der Waals surface area contributed by atoms with E-state index < -0.39 is 11.6 Å². The Balaban J connectivity index is 1.72. The van der Waals surface area contributed by atoms with Crippen LogP contribution in [0.4, 0.5) is 8.78 Å².